The van der Waals surface area contributed by atoms with Gasteiger partial charge in [0.1, 0.15) is 5.69 Å². The monoisotopic (exact) mass is 421 g/mol. The van der Waals surface area contributed by atoms with Gasteiger partial charge in [0, 0.05) is 35.7 Å². The number of aryl methyl sites for hydroxylation is 2. The summed E-state index contributed by atoms with van der Waals surface area (Å²) < 4.78 is 1.88. The van der Waals surface area contributed by atoms with E-state index in [0.29, 0.717) is 24.2 Å². The molecule has 0 amide bonds. The summed E-state index contributed by atoms with van der Waals surface area (Å²) >= 11 is 0. The van der Waals surface area contributed by atoms with Crippen LogP contribution in [0.1, 0.15) is 61.1 Å². The van der Waals surface area contributed by atoms with E-state index < -0.39 is 5.97 Å². The van der Waals surface area contributed by atoms with Crippen LogP contribution in [0.2, 0.25) is 0 Å². The van der Waals surface area contributed by atoms with E-state index in [2.05, 4.69) is 36.9 Å². The third-order valence-corrected chi connectivity index (χ3v) is 6.16. The SMILES string of the molecule is CCn1c(C(=O)O)cc2cc(C3CCCN(C(C)C)C3)ccc21.Cc1cccc(N)c1. The van der Waals surface area contributed by atoms with Crippen LogP contribution < -0.4 is 5.73 Å². The van der Waals surface area contributed by atoms with Gasteiger partial charge in [-0.3, -0.25) is 0 Å². The highest BCUT2D eigenvalue weighted by atomic mass is 16.4. The number of hydrogen-bond donors (Lipinski definition) is 2. The lowest BCUT2D eigenvalue weighted by atomic mass is 9.89. The Morgan fingerprint density at radius 2 is 1.97 bits per heavy atom. The van der Waals surface area contributed by atoms with Crippen LogP contribution in [0.4, 0.5) is 5.69 Å². The third kappa shape index (κ3) is 5.47. The van der Waals surface area contributed by atoms with Crippen LogP contribution >= 0.6 is 0 Å². The Hall–Kier alpha value is -2.79. The van der Waals surface area contributed by atoms with Crippen LogP contribution in [0.3, 0.4) is 0 Å². The average Bonchev–Trinajstić information content (AvgIpc) is 3.12. The quantitative estimate of drug-likeness (QED) is 0.544. The molecule has 1 aromatic heterocycles. The van der Waals surface area contributed by atoms with Crippen LogP contribution in [0.25, 0.3) is 10.9 Å². The maximum absolute atomic E-state index is 11.4. The number of fused-ring (bicyclic) bond motifs is 1. The molecule has 0 radical (unpaired) electrons. The molecule has 0 aliphatic carbocycles. The summed E-state index contributed by atoms with van der Waals surface area (Å²) in [5.41, 5.74) is 10.3. The number of hydrogen-bond acceptors (Lipinski definition) is 3. The van der Waals surface area contributed by atoms with Crippen molar-refractivity contribution >= 4 is 22.6 Å². The molecule has 1 aliphatic rings. The Morgan fingerprint density at radius 3 is 2.55 bits per heavy atom. The molecule has 1 fully saturated rings. The summed E-state index contributed by atoms with van der Waals surface area (Å²) in [7, 11) is 0. The van der Waals surface area contributed by atoms with Crippen molar-refractivity contribution in [2.75, 3.05) is 18.8 Å². The number of aromatic nitrogens is 1. The van der Waals surface area contributed by atoms with E-state index in [9.17, 15) is 9.90 Å². The van der Waals surface area contributed by atoms with Crippen molar-refractivity contribution in [3.05, 3.63) is 65.4 Å². The molecule has 31 heavy (non-hydrogen) atoms. The standard InChI is InChI=1S/C19H26N2O2.C7H9N/c1-4-21-17-8-7-14(10-16(17)11-18(21)19(22)23)15-6-5-9-20(12-15)13(2)3;1-6-3-2-4-7(8)5-6/h7-8,10-11,13,15H,4-6,9,12H2,1-3H3,(H,22,23);2-5H,8H2,1H3. The number of likely N-dealkylation sites (tertiary alicyclic amines) is 1. The highest BCUT2D eigenvalue weighted by Gasteiger charge is 2.23. The van der Waals surface area contributed by atoms with Crippen LogP contribution in [0, 0.1) is 6.92 Å². The van der Waals surface area contributed by atoms with E-state index in [1.807, 2.05) is 48.7 Å². The molecule has 0 saturated carbocycles. The lowest BCUT2D eigenvalue weighted by Crippen LogP contribution is -2.39. The van der Waals surface area contributed by atoms with Crippen molar-refractivity contribution in [2.45, 2.75) is 59.0 Å². The van der Waals surface area contributed by atoms with Crippen molar-refractivity contribution < 1.29 is 9.90 Å². The Labute approximate surface area is 185 Å². The van der Waals surface area contributed by atoms with Gasteiger partial charge in [0.05, 0.1) is 0 Å². The van der Waals surface area contributed by atoms with Gasteiger partial charge in [-0.15, -0.1) is 0 Å². The van der Waals surface area contributed by atoms with Gasteiger partial charge in [0.25, 0.3) is 0 Å². The first-order valence-electron chi connectivity index (χ1n) is 11.2. The van der Waals surface area contributed by atoms with Crippen molar-refractivity contribution in [1.29, 1.82) is 0 Å². The van der Waals surface area contributed by atoms with Gasteiger partial charge in [-0.1, -0.05) is 18.2 Å². The maximum Gasteiger partial charge on any atom is 0.352 e. The van der Waals surface area contributed by atoms with Gasteiger partial charge in [0.2, 0.25) is 0 Å². The second kappa shape index (κ2) is 10.0. The molecule has 0 bridgehead atoms. The van der Waals surface area contributed by atoms with E-state index in [1.165, 1.54) is 30.5 Å². The van der Waals surface area contributed by atoms with Gasteiger partial charge < -0.3 is 20.3 Å². The molecule has 2 heterocycles. The molecule has 5 heteroatoms. The van der Waals surface area contributed by atoms with Crippen molar-refractivity contribution in [3.63, 3.8) is 0 Å². The molecule has 0 spiro atoms. The minimum Gasteiger partial charge on any atom is -0.477 e. The molecule has 1 atom stereocenters. The molecule has 2 aromatic carbocycles. The summed E-state index contributed by atoms with van der Waals surface area (Å²) in [5.74, 6) is -0.304. The summed E-state index contributed by atoms with van der Waals surface area (Å²) in [4.78, 5) is 14.0. The van der Waals surface area contributed by atoms with E-state index in [0.717, 1.165) is 23.1 Å². The van der Waals surface area contributed by atoms with E-state index in [-0.39, 0.29) is 0 Å². The van der Waals surface area contributed by atoms with Crippen molar-refractivity contribution in [2.24, 2.45) is 0 Å². The zero-order valence-electron chi connectivity index (χ0n) is 19.1. The van der Waals surface area contributed by atoms with Crippen molar-refractivity contribution in [1.82, 2.24) is 9.47 Å². The zero-order chi connectivity index (χ0) is 22.5. The van der Waals surface area contributed by atoms with Crippen LogP contribution in [0.5, 0.6) is 0 Å². The second-order valence-electron chi connectivity index (χ2n) is 8.74. The summed E-state index contributed by atoms with van der Waals surface area (Å²) in [6, 6.07) is 16.7. The highest BCUT2D eigenvalue weighted by Crippen LogP contribution is 2.31. The Kier molecular flexibility index (Phi) is 7.39. The van der Waals surface area contributed by atoms with Crippen molar-refractivity contribution in [3.8, 4) is 0 Å². The number of rotatable bonds is 4. The highest BCUT2D eigenvalue weighted by molar-refractivity contribution is 5.94. The number of carbonyl (C=O) groups is 1. The van der Waals surface area contributed by atoms with Gasteiger partial charge in [-0.05, 0) is 94.5 Å². The fourth-order valence-electron chi connectivity index (χ4n) is 4.48. The fraction of sp³-hybridized carbons (Fsp3) is 0.423. The molecule has 1 aliphatic heterocycles. The summed E-state index contributed by atoms with van der Waals surface area (Å²) in [6.07, 6.45) is 2.45. The molecular weight excluding hydrogens is 386 g/mol. The molecule has 1 saturated heterocycles. The number of carboxylic acid groups (broad SMARTS) is 1. The van der Waals surface area contributed by atoms with Gasteiger partial charge in [-0.25, -0.2) is 4.79 Å². The summed E-state index contributed by atoms with van der Waals surface area (Å²) in [6.45, 7) is 11.5. The smallest absolute Gasteiger partial charge is 0.352 e. The van der Waals surface area contributed by atoms with Gasteiger partial charge in [-0.2, -0.15) is 0 Å². The molecule has 166 valence electrons. The minimum atomic E-state index is -0.853. The third-order valence-electron chi connectivity index (χ3n) is 6.16. The molecule has 1 unspecified atom stereocenters. The number of carboxylic acids is 1. The van der Waals surface area contributed by atoms with Crippen LogP contribution in [0.15, 0.2) is 48.5 Å². The topological polar surface area (TPSA) is 71.5 Å². The first kappa shape index (κ1) is 22.9. The predicted molar refractivity (Wildman–Crippen MR) is 129 cm³/mol. The largest absolute Gasteiger partial charge is 0.477 e. The predicted octanol–water partition coefficient (Wildman–Crippen LogP) is 5.52. The summed E-state index contributed by atoms with van der Waals surface area (Å²) in [5, 5.41) is 10.4. The molecule has 4 rings (SSSR count). The number of nitrogen functional groups attached to an aromatic ring is 1. The molecule has 3 N–H and O–H groups in total. The average molecular weight is 422 g/mol. The lowest BCUT2D eigenvalue weighted by molar-refractivity contribution is 0.0686. The molecular formula is C26H35N3O2. The number of nitrogens with two attached hydrogens (primary N) is 1. The molecule has 5 nitrogen and oxygen atoms in total. The number of nitrogens with zero attached hydrogens (tertiary/aromatic N) is 2. The van der Waals surface area contributed by atoms with Gasteiger partial charge in [0.15, 0.2) is 0 Å². The Morgan fingerprint density at radius 1 is 1.19 bits per heavy atom. The lowest BCUT2D eigenvalue weighted by Gasteiger charge is -2.35. The second-order valence-corrected chi connectivity index (χ2v) is 8.74. The number of benzene rings is 2. The Bertz CT molecular complexity index is 1020. The zero-order valence-corrected chi connectivity index (χ0v) is 19.1. The van der Waals surface area contributed by atoms with E-state index in [1.54, 1.807) is 0 Å². The number of anilines is 1. The first-order chi connectivity index (χ1) is 14.8. The first-order valence-corrected chi connectivity index (χ1v) is 11.2. The van der Waals surface area contributed by atoms with E-state index in [4.69, 9.17) is 5.73 Å². The fourth-order valence-corrected chi connectivity index (χ4v) is 4.48. The number of piperidine rings is 1. The normalized spacial score (nSPS) is 16.9. The molecule has 3 aromatic rings. The van der Waals surface area contributed by atoms with Gasteiger partial charge >= 0.3 is 5.97 Å². The van der Waals surface area contributed by atoms with Crippen LogP contribution in [-0.2, 0) is 6.54 Å². The number of aromatic carboxylic acids is 1. The Balaban J connectivity index is 0.000000287. The minimum absolute atomic E-state index is 0.382. The maximum atomic E-state index is 11.4. The van der Waals surface area contributed by atoms with E-state index >= 15 is 0 Å². The van der Waals surface area contributed by atoms with Crippen LogP contribution in [-0.4, -0.2) is 39.7 Å².